The van der Waals surface area contributed by atoms with E-state index in [-0.39, 0.29) is 0 Å². The van der Waals surface area contributed by atoms with E-state index in [9.17, 15) is 4.89 Å². The summed E-state index contributed by atoms with van der Waals surface area (Å²) in [5.74, 6) is 1.73. The highest BCUT2D eigenvalue weighted by Gasteiger charge is 2.14. The quantitative estimate of drug-likeness (QED) is 0.448. The Hall–Kier alpha value is 0.960. The molecule has 2 unspecified atom stereocenters. The predicted octanol–water partition coefficient (Wildman–Crippen LogP) is 5.04. The van der Waals surface area contributed by atoms with Crippen molar-refractivity contribution in [2.24, 2.45) is 5.92 Å². The van der Waals surface area contributed by atoms with Gasteiger partial charge >= 0.3 is 0 Å². The smallest absolute Gasteiger partial charge is 0.116 e. The van der Waals surface area contributed by atoms with Gasteiger partial charge in [-0.2, -0.15) is 0 Å². The number of unbranched alkanes of at least 4 members (excludes halogenated alkanes) is 3. The second-order valence-corrected chi connectivity index (χ2v) is 12.0. The van der Waals surface area contributed by atoms with Gasteiger partial charge in [-0.3, -0.25) is 0 Å². The third-order valence-electron chi connectivity index (χ3n) is 2.64. The average Bonchev–Trinajstić information content (AvgIpc) is 2.22. The molecule has 16 heavy (non-hydrogen) atoms. The first-order chi connectivity index (χ1) is 7.52. The molecule has 0 amide bonds. The molecule has 0 fully saturated rings. The summed E-state index contributed by atoms with van der Waals surface area (Å²) in [7, 11) is 0. The Bertz CT molecular complexity index is 209. The molecule has 0 rings (SSSR count). The molecule has 4 heteroatoms. The maximum Gasteiger partial charge on any atom is 0.116 e. The first kappa shape index (κ1) is 17.0. The minimum absolute atomic E-state index is 0.695. The fraction of sp³-hybridized carbons (Fsp3) is 1.00. The van der Waals surface area contributed by atoms with Crippen LogP contribution in [0.2, 0.25) is 0 Å². The highest BCUT2D eigenvalue weighted by atomic mass is 32.9. The molecule has 1 nitrogen and oxygen atoms in total. The van der Waals surface area contributed by atoms with Crippen LogP contribution in [0.4, 0.5) is 0 Å². The van der Waals surface area contributed by atoms with E-state index in [0.29, 0.717) is 5.92 Å². The lowest BCUT2D eigenvalue weighted by molar-refractivity contribution is 0.585. The van der Waals surface area contributed by atoms with E-state index in [2.05, 4.69) is 20.8 Å². The van der Waals surface area contributed by atoms with Crippen molar-refractivity contribution in [2.45, 2.75) is 59.3 Å². The average molecular weight is 282 g/mol. The Balaban J connectivity index is 3.65. The summed E-state index contributed by atoms with van der Waals surface area (Å²) in [5, 5.41) is 0. The van der Waals surface area contributed by atoms with Gasteiger partial charge in [0.05, 0.1) is 0 Å². The molecular weight excluding hydrogens is 255 g/mol. The van der Waals surface area contributed by atoms with E-state index in [4.69, 9.17) is 11.8 Å². The molecule has 1 N–H and O–H groups in total. The van der Waals surface area contributed by atoms with Crippen molar-refractivity contribution in [3.63, 3.8) is 0 Å². The molecule has 0 aromatic heterocycles. The molecule has 0 spiro atoms. The van der Waals surface area contributed by atoms with Crippen LogP contribution in [0.1, 0.15) is 59.3 Å². The van der Waals surface area contributed by atoms with Crippen LogP contribution in [0, 0.1) is 5.92 Å². The lowest BCUT2D eigenvalue weighted by Gasteiger charge is -2.17. The van der Waals surface area contributed by atoms with Crippen LogP contribution in [0.5, 0.6) is 0 Å². The molecule has 0 saturated heterocycles. The zero-order valence-corrected chi connectivity index (χ0v) is 13.5. The Morgan fingerprint density at radius 2 is 1.88 bits per heavy atom. The normalized spacial score (nSPS) is 17.0. The maximum atomic E-state index is 10.1. The predicted molar refractivity (Wildman–Crippen MR) is 82.0 cm³/mol. The van der Waals surface area contributed by atoms with Gasteiger partial charge in [0.2, 0.25) is 0 Å². The summed E-state index contributed by atoms with van der Waals surface area (Å²) in [6.07, 6.45) is 8.19. The van der Waals surface area contributed by atoms with Crippen LogP contribution in [-0.2, 0) is 11.8 Å². The first-order valence-corrected chi connectivity index (χ1v) is 11.0. The van der Waals surface area contributed by atoms with Crippen molar-refractivity contribution in [1.82, 2.24) is 0 Å². The highest BCUT2D eigenvalue weighted by Crippen LogP contribution is 2.56. The summed E-state index contributed by atoms with van der Waals surface area (Å²) in [6.45, 7) is 6.67. The fourth-order valence-electron chi connectivity index (χ4n) is 1.62. The molecule has 0 bridgehead atoms. The summed E-state index contributed by atoms with van der Waals surface area (Å²) in [6, 6.07) is 0. The summed E-state index contributed by atoms with van der Waals surface area (Å²) in [5.41, 5.74) is -2.06. The number of hydrogen-bond acceptors (Lipinski definition) is 2. The number of rotatable bonds is 10. The van der Waals surface area contributed by atoms with Crippen LogP contribution in [0.15, 0.2) is 0 Å². The van der Waals surface area contributed by atoms with Crippen molar-refractivity contribution in [3.8, 4) is 0 Å². The van der Waals surface area contributed by atoms with Gasteiger partial charge in [0.15, 0.2) is 0 Å². The molecule has 0 radical (unpaired) electrons. The van der Waals surface area contributed by atoms with E-state index in [0.717, 1.165) is 18.3 Å². The van der Waals surface area contributed by atoms with E-state index in [1.54, 1.807) is 11.4 Å². The largest absolute Gasteiger partial charge is 0.357 e. The van der Waals surface area contributed by atoms with Crippen LogP contribution in [-0.4, -0.2) is 16.8 Å². The molecule has 0 aliphatic heterocycles. The minimum atomic E-state index is -2.06. The number of hydrogen-bond donors (Lipinski definition) is 1. The van der Waals surface area contributed by atoms with Crippen molar-refractivity contribution in [3.05, 3.63) is 0 Å². The third-order valence-corrected chi connectivity index (χ3v) is 8.34. The molecule has 0 heterocycles. The van der Waals surface area contributed by atoms with Gasteiger partial charge in [-0.25, -0.2) is 0 Å². The molecule has 0 aliphatic rings. The zero-order chi connectivity index (χ0) is 12.4. The first-order valence-electron chi connectivity index (χ1n) is 6.48. The summed E-state index contributed by atoms with van der Waals surface area (Å²) in [4.78, 5) is 10.1. The lowest BCUT2D eigenvalue weighted by atomic mass is 10.1. The molecule has 2 atom stereocenters. The summed E-state index contributed by atoms with van der Waals surface area (Å²) >= 11 is 6.99. The van der Waals surface area contributed by atoms with Crippen LogP contribution in [0.3, 0.4) is 0 Å². The van der Waals surface area contributed by atoms with Gasteiger partial charge in [-0.1, -0.05) is 76.1 Å². The molecule has 0 aromatic carbocycles. The molecule has 0 aliphatic carbocycles. The fourth-order valence-corrected chi connectivity index (χ4v) is 6.20. The summed E-state index contributed by atoms with van der Waals surface area (Å²) < 4.78 is 0. The van der Waals surface area contributed by atoms with Crippen molar-refractivity contribution < 1.29 is 4.89 Å². The Labute approximate surface area is 111 Å². The van der Waals surface area contributed by atoms with Gasteiger partial charge in [0, 0.05) is 11.9 Å². The van der Waals surface area contributed by atoms with Gasteiger partial charge in [-0.05, 0) is 12.3 Å². The van der Waals surface area contributed by atoms with Crippen molar-refractivity contribution in [1.29, 1.82) is 0 Å². The van der Waals surface area contributed by atoms with Crippen molar-refractivity contribution >= 4 is 28.7 Å². The van der Waals surface area contributed by atoms with Gasteiger partial charge in [-0.15, -0.1) is 0 Å². The monoisotopic (exact) mass is 282 g/mol. The van der Waals surface area contributed by atoms with E-state index >= 15 is 0 Å². The van der Waals surface area contributed by atoms with Crippen LogP contribution >= 0.6 is 16.8 Å². The van der Waals surface area contributed by atoms with Crippen LogP contribution in [0.25, 0.3) is 0 Å². The maximum absolute atomic E-state index is 10.1. The Morgan fingerprint density at radius 3 is 2.44 bits per heavy atom. The van der Waals surface area contributed by atoms with Gasteiger partial charge in [0.1, 0.15) is 5.47 Å². The zero-order valence-electron chi connectivity index (χ0n) is 10.9. The van der Waals surface area contributed by atoms with Crippen LogP contribution < -0.4 is 0 Å². The van der Waals surface area contributed by atoms with E-state index < -0.39 is 5.47 Å². The highest BCUT2D eigenvalue weighted by molar-refractivity contribution is 8.69. The van der Waals surface area contributed by atoms with Gasteiger partial charge < -0.3 is 4.89 Å². The minimum Gasteiger partial charge on any atom is -0.357 e. The van der Waals surface area contributed by atoms with Crippen molar-refractivity contribution in [2.75, 3.05) is 11.9 Å². The van der Waals surface area contributed by atoms with E-state index in [1.165, 1.54) is 32.1 Å². The topological polar surface area (TPSA) is 20.2 Å². The molecule has 0 aromatic rings. The van der Waals surface area contributed by atoms with E-state index in [1.807, 2.05) is 0 Å². The SMILES string of the molecule is CCCCCCP(O)(=S)SCC(C)CCC. The Kier molecular flexibility index (Phi) is 10.5. The second kappa shape index (κ2) is 9.94. The molecule has 0 saturated carbocycles. The molecular formula is C12H27OPS2. The lowest BCUT2D eigenvalue weighted by Crippen LogP contribution is -1.98. The molecule has 98 valence electrons. The third kappa shape index (κ3) is 10.1. The van der Waals surface area contributed by atoms with Gasteiger partial charge in [0.25, 0.3) is 0 Å². The standard InChI is InChI=1S/C12H27OPS2/c1-4-6-7-8-10-14(13,15)16-11-12(3)9-5-2/h12H,4-11H2,1-3H3,(H,13,15). The second-order valence-electron chi connectivity index (χ2n) is 4.61. The Morgan fingerprint density at radius 1 is 1.19 bits per heavy atom.